The fraction of sp³-hybridized carbons (Fsp3) is 0.211. The molecule has 0 fully saturated rings. The average molecular weight is 336 g/mol. The lowest BCUT2D eigenvalue weighted by Crippen LogP contribution is -2.27. The molecule has 0 saturated heterocycles. The molecule has 0 aliphatic rings. The Kier molecular flexibility index (Phi) is 4.79. The molecule has 2 aromatic carbocycles. The molecule has 3 rings (SSSR count). The Hall–Kier alpha value is -3.15. The molecule has 0 saturated carbocycles. The molecule has 1 unspecified atom stereocenters. The van der Waals surface area contributed by atoms with E-state index in [1.807, 2.05) is 56.4 Å². The molecular formula is C19H20N4O2. The number of para-hydroxylation sites is 1. The Balaban J connectivity index is 1.73. The van der Waals surface area contributed by atoms with E-state index in [0.717, 1.165) is 17.0 Å². The van der Waals surface area contributed by atoms with Gasteiger partial charge in [0.15, 0.2) is 0 Å². The van der Waals surface area contributed by atoms with E-state index in [2.05, 4.69) is 15.6 Å². The molecule has 0 radical (unpaired) electrons. The fourth-order valence-corrected chi connectivity index (χ4v) is 2.55. The molecule has 25 heavy (non-hydrogen) atoms. The van der Waals surface area contributed by atoms with Gasteiger partial charge in [-0.05, 0) is 49.7 Å². The highest BCUT2D eigenvalue weighted by molar-refractivity contribution is 5.96. The standard InChI is InChI=1S/C19H20N4O2/c1-13-11-16(25-3)9-10-17(13)19(24)20-14(2)18-12-23(22-21-18)15-7-5-4-6-8-15/h4-12,14H,1-3H3,(H,20,24). The molecule has 0 aliphatic carbocycles. The molecule has 0 bridgehead atoms. The maximum absolute atomic E-state index is 12.5. The molecule has 3 aromatic rings. The fourth-order valence-electron chi connectivity index (χ4n) is 2.55. The average Bonchev–Trinajstić information content (AvgIpc) is 3.12. The van der Waals surface area contributed by atoms with E-state index < -0.39 is 0 Å². The molecule has 128 valence electrons. The zero-order chi connectivity index (χ0) is 17.8. The van der Waals surface area contributed by atoms with Crippen molar-refractivity contribution in [3.63, 3.8) is 0 Å². The number of aromatic nitrogens is 3. The lowest BCUT2D eigenvalue weighted by molar-refractivity contribution is 0.0938. The second-order valence-corrected chi connectivity index (χ2v) is 5.80. The predicted octanol–water partition coefficient (Wildman–Crippen LogP) is 3.08. The topological polar surface area (TPSA) is 69.0 Å². The summed E-state index contributed by atoms with van der Waals surface area (Å²) in [5.74, 6) is 0.579. The van der Waals surface area contributed by atoms with Crippen LogP contribution >= 0.6 is 0 Å². The van der Waals surface area contributed by atoms with Crippen LogP contribution in [0.15, 0.2) is 54.7 Å². The molecule has 1 aromatic heterocycles. The minimum atomic E-state index is -0.258. The van der Waals surface area contributed by atoms with Gasteiger partial charge in [-0.2, -0.15) is 0 Å². The summed E-state index contributed by atoms with van der Waals surface area (Å²) < 4.78 is 6.86. The van der Waals surface area contributed by atoms with Crippen LogP contribution in [0.3, 0.4) is 0 Å². The Labute approximate surface area is 146 Å². The number of carbonyl (C=O) groups is 1. The first-order valence-electron chi connectivity index (χ1n) is 8.01. The quantitative estimate of drug-likeness (QED) is 0.777. The smallest absolute Gasteiger partial charge is 0.252 e. The predicted molar refractivity (Wildman–Crippen MR) is 95.0 cm³/mol. The lowest BCUT2D eigenvalue weighted by Gasteiger charge is -2.13. The monoisotopic (exact) mass is 336 g/mol. The number of nitrogens with zero attached hydrogens (tertiary/aromatic N) is 3. The first-order valence-corrected chi connectivity index (χ1v) is 8.01. The zero-order valence-electron chi connectivity index (χ0n) is 14.4. The Bertz CT molecular complexity index is 874. The zero-order valence-corrected chi connectivity index (χ0v) is 14.4. The van der Waals surface area contributed by atoms with Gasteiger partial charge in [0.2, 0.25) is 0 Å². The first-order chi connectivity index (χ1) is 12.1. The van der Waals surface area contributed by atoms with Crippen molar-refractivity contribution in [3.05, 3.63) is 71.5 Å². The molecule has 0 aliphatic heterocycles. The number of carbonyl (C=O) groups excluding carboxylic acids is 1. The summed E-state index contributed by atoms with van der Waals surface area (Å²) >= 11 is 0. The van der Waals surface area contributed by atoms with Crippen molar-refractivity contribution in [2.24, 2.45) is 0 Å². The van der Waals surface area contributed by atoms with Crippen molar-refractivity contribution in [2.45, 2.75) is 19.9 Å². The summed E-state index contributed by atoms with van der Waals surface area (Å²) in [5.41, 5.74) is 3.09. The molecule has 0 spiro atoms. The molecule has 1 atom stereocenters. The molecule has 1 N–H and O–H groups in total. The summed E-state index contributed by atoms with van der Waals surface area (Å²) in [4.78, 5) is 12.5. The van der Waals surface area contributed by atoms with E-state index in [9.17, 15) is 4.79 Å². The van der Waals surface area contributed by atoms with Crippen LogP contribution in [0.25, 0.3) is 5.69 Å². The molecule has 6 nitrogen and oxygen atoms in total. The number of aryl methyl sites for hydroxylation is 1. The van der Waals surface area contributed by atoms with Crippen molar-refractivity contribution in [3.8, 4) is 11.4 Å². The van der Waals surface area contributed by atoms with E-state index in [-0.39, 0.29) is 11.9 Å². The van der Waals surface area contributed by atoms with E-state index in [1.54, 1.807) is 23.9 Å². The molecule has 6 heteroatoms. The second kappa shape index (κ2) is 7.17. The van der Waals surface area contributed by atoms with Crippen LogP contribution in [-0.4, -0.2) is 28.0 Å². The lowest BCUT2D eigenvalue weighted by atomic mass is 10.1. The summed E-state index contributed by atoms with van der Waals surface area (Å²) in [6, 6.07) is 14.8. The van der Waals surface area contributed by atoms with Crippen LogP contribution in [0, 0.1) is 6.92 Å². The van der Waals surface area contributed by atoms with Gasteiger partial charge in [0.05, 0.1) is 25.0 Å². The van der Waals surface area contributed by atoms with Crippen LogP contribution in [0.5, 0.6) is 5.75 Å². The van der Waals surface area contributed by atoms with Gasteiger partial charge in [-0.3, -0.25) is 4.79 Å². The van der Waals surface area contributed by atoms with Crippen LogP contribution < -0.4 is 10.1 Å². The number of methoxy groups -OCH3 is 1. The van der Waals surface area contributed by atoms with E-state index in [0.29, 0.717) is 11.3 Å². The minimum Gasteiger partial charge on any atom is -0.497 e. The van der Waals surface area contributed by atoms with Gasteiger partial charge in [0.1, 0.15) is 11.4 Å². The minimum absolute atomic E-state index is 0.151. The van der Waals surface area contributed by atoms with Crippen molar-refractivity contribution in [1.29, 1.82) is 0 Å². The van der Waals surface area contributed by atoms with Crippen LogP contribution in [0.1, 0.15) is 34.6 Å². The maximum Gasteiger partial charge on any atom is 0.252 e. The third-order valence-electron chi connectivity index (χ3n) is 4.00. The molecular weight excluding hydrogens is 316 g/mol. The third kappa shape index (κ3) is 3.68. The van der Waals surface area contributed by atoms with Crippen molar-refractivity contribution in [1.82, 2.24) is 20.3 Å². The summed E-state index contributed by atoms with van der Waals surface area (Å²) in [6.07, 6.45) is 1.82. The van der Waals surface area contributed by atoms with E-state index in [1.165, 1.54) is 0 Å². The van der Waals surface area contributed by atoms with Gasteiger partial charge in [0.25, 0.3) is 5.91 Å². The Morgan fingerprint density at radius 1 is 1.20 bits per heavy atom. The number of hydrogen-bond donors (Lipinski definition) is 1. The van der Waals surface area contributed by atoms with E-state index in [4.69, 9.17) is 4.74 Å². The summed E-state index contributed by atoms with van der Waals surface area (Å²) in [7, 11) is 1.60. The van der Waals surface area contributed by atoms with Gasteiger partial charge in [-0.25, -0.2) is 4.68 Å². The number of nitrogens with one attached hydrogen (secondary N) is 1. The molecule has 1 heterocycles. The van der Waals surface area contributed by atoms with Gasteiger partial charge < -0.3 is 10.1 Å². The van der Waals surface area contributed by atoms with Crippen LogP contribution in [0.2, 0.25) is 0 Å². The second-order valence-electron chi connectivity index (χ2n) is 5.80. The van der Waals surface area contributed by atoms with Crippen LogP contribution in [0.4, 0.5) is 0 Å². The highest BCUT2D eigenvalue weighted by Gasteiger charge is 2.16. The Morgan fingerprint density at radius 3 is 2.64 bits per heavy atom. The Morgan fingerprint density at radius 2 is 1.96 bits per heavy atom. The van der Waals surface area contributed by atoms with Crippen molar-refractivity contribution < 1.29 is 9.53 Å². The maximum atomic E-state index is 12.5. The molecule has 1 amide bonds. The number of benzene rings is 2. The largest absolute Gasteiger partial charge is 0.497 e. The van der Waals surface area contributed by atoms with Gasteiger partial charge in [-0.1, -0.05) is 23.4 Å². The van der Waals surface area contributed by atoms with Crippen LogP contribution in [-0.2, 0) is 0 Å². The van der Waals surface area contributed by atoms with Crippen molar-refractivity contribution in [2.75, 3.05) is 7.11 Å². The highest BCUT2D eigenvalue weighted by atomic mass is 16.5. The summed E-state index contributed by atoms with van der Waals surface area (Å²) in [6.45, 7) is 3.77. The van der Waals surface area contributed by atoms with E-state index >= 15 is 0 Å². The van der Waals surface area contributed by atoms with Gasteiger partial charge in [-0.15, -0.1) is 5.10 Å². The number of rotatable bonds is 5. The first kappa shape index (κ1) is 16.7. The highest BCUT2D eigenvalue weighted by Crippen LogP contribution is 2.18. The number of hydrogen-bond acceptors (Lipinski definition) is 4. The van der Waals surface area contributed by atoms with Gasteiger partial charge in [0, 0.05) is 5.56 Å². The number of amides is 1. The van der Waals surface area contributed by atoms with Gasteiger partial charge >= 0.3 is 0 Å². The van der Waals surface area contributed by atoms with Crippen molar-refractivity contribution >= 4 is 5.91 Å². The normalized spacial score (nSPS) is 11.8. The third-order valence-corrected chi connectivity index (χ3v) is 4.00. The SMILES string of the molecule is COc1ccc(C(=O)NC(C)c2cn(-c3ccccc3)nn2)c(C)c1. The summed E-state index contributed by atoms with van der Waals surface area (Å²) in [5, 5.41) is 11.3. The number of ether oxygens (including phenoxy) is 1.